The average molecular weight is 512 g/mol. The minimum Gasteiger partial charge on any atom is -0.406 e. The first-order valence-electron chi connectivity index (χ1n) is 11.3. The SMILES string of the molecule is C=CCOCCC(CC(=O)Nc1ccc(Cl)cc1)N1CCN(c2ccc(OC(F)(F)F)cc2)CC1. The molecule has 2 aromatic rings. The zero-order chi connectivity index (χ0) is 25.3. The fraction of sp³-hybridized carbons (Fsp3) is 0.400. The number of nitrogens with zero attached hydrogens (tertiary/aromatic N) is 2. The molecule has 0 saturated carbocycles. The van der Waals surface area contributed by atoms with Crippen molar-refractivity contribution in [3.05, 3.63) is 66.2 Å². The number of alkyl halides is 3. The fourth-order valence-corrected chi connectivity index (χ4v) is 4.09. The van der Waals surface area contributed by atoms with E-state index in [4.69, 9.17) is 16.3 Å². The van der Waals surface area contributed by atoms with Gasteiger partial charge in [0.05, 0.1) is 6.61 Å². The molecule has 1 saturated heterocycles. The van der Waals surface area contributed by atoms with E-state index in [9.17, 15) is 18.0 Å². The van der Waals surface area contributed by atoms with Gasteiger partial charge in [-0.1, -0.05) is 17.7 Å². The van der Waals surface area contributed by atoms with E-state index in [-0.39, 0.29) is 17.7 Å². The van der Waals surface area contributed by atoms with Crippen molar-refractivity contribution in [1.82, 2.24) is 4.90 Å². The lowest BCUT2D eigenvalue weighted by atomic mass is 10.1. The first-order valence-corrected chi connectivity index (χ1v) is 11.7. The lowest BCUT2D eigenvalue weighted by molar-refractivity contribution is -0.274. The van der Waals surface area contributed by atoms with Crippen LogP contribution in [-0.4, -0.2) is 62.6 Å². The van der Waals surface area contributed by atoms with Gasteiger partial charge in [0.2, 0.25) is 5.91 Å². The number of carbonyl (C=O) groups is 1. The molecule has 0 aliphatic carbocycles. The molecule has 3 rings (SSSR count). The van der Waals surface area contributed by atoms with Crippen LogP contribution in [0, 0.1) is 0 Å². The van der Waals surface area contributed by atoms with Crippen LogP contribution in [0.5, 0.6) is 5.75 Å². The molecule has 1 amide bonds. The molecule has 6 nitrogen and oxygen atoms in total. The molecule has 1 heterocycles. The van der Waals surface area contributed by atoms with Crippen molar-refractivity contribution in [2.75, 3.05) is 49.6 Å². The highest BCUT2D eigenvalue weighted by Crippen LogP contribution is 2.26. The van der Waals surface area contributed by atoms with Gasteiger partial charge in [0.25, 0.3) is 0 Å². The summed E-state index contributed by atoms with van der Waals surface area (Å²) < 4.78 is 46.7. The molecule has 0 radical (unpaired) electrons. The van der Waals surface area contributed by atoms with Crippen molar-refractivity contribution >= 4 is 28.9 Å². The molecular weight excluding hydrogens is 483 g/mol. The molecule has 10 heteroatoms. The summed E-state index contributed by atoms with van der Waals surface area (Å²) in [4.78, 5) is 17.1. The van der Waals surface area contributed by atoms with E-state index in [2.05, 4.69) is 26.4 Å². The third-order valence-electron chi connectivity index (χ3n) is 5.65. The van der Waals surface area contributed by atoms with Gasteiger partial charge in [-0.15, -0.1) is 19.8 Å². The normalized spacial score (nSPS) is 15.5. The molecule has 1 fully saturated rings. The first-order chi connectivity index (χ1) is 16.7. The van der Waals surface area contributed by atoms with Crippen LogP contribution in [0.4, 0.5) is 24.5 Å². The van der Waals surface area contributed by atoms with E-state index < -0.39 is 6.36 Å². The number of amides is 1. The third kappa shape index (κ3) is 9.08. The second kappa shape index (κ2) is 12.8. The molecule has 0 aromatic heterocycles. The van der Waals surface area contributed by atoms with Crippen molar-refractivity contribution in [2.45, 2.75) is 25.2 Å². The molecular formula is C25H29ClF3N3O3. The maximum atomic E-state index is 12.7. The first kappa shape index (κ1) is 26.8. The Balaban J connectivity index is 1.56. The summed E-state index contributed by atoms with van der Waals surface area (Å²) in [6.45, 7) is 7.39. The lowest BCUT2D eigenvalue weighted by Gasteiger charge is -2.40. The molecule has 1 aliphatic heterocycles. The van der Waals surface area contributed by atoms with Crippen LogP contribution in [0.1, 0.15) is 12.8 Å². The van der Waals surface area contributed by atoms with Gasteiger partial charge in [0.1, 0.15) is 5.75 Å². The lowest BCUT2D eigenvalue weighted by Crippen LogP contribution is -2.51. The number of carbonyl (C=O) groups excluding carboxylic acids is 1. The Morgan fingerprint density at radius 3 is 2.34 bits per heavy atom. The van der Waals surface area contributed by atoms with Crippen LogP contribution in [-0.2, 0) is 9.53 Å². The number of nitrogens with one attached hydrogen (secondary N) is 1. The highest BCUT2D eigenvalue weighted by Gasteiger charge is 2.31. The molecule has 0 bridgehead atoms. The van der Waals surface area contributed by atoms with Gasteiger partial charge < -0.3 is 19.7 Å². The molecule has 1 N–H and O–H groups in total. The summed E-state index contributed by atoms with van der Waals surface area (Å²) in [6.07, 6.45) is -2.03. The molecule has 0 spiro atoms. The number of ether oxygens (including phenoxy) is 2. The Labute approximate surface area is 208 Å². The van der Waals surface area contributed by atoms with Gasteiger partial charge in [-0.2, -0.15) is 0 Å². The van der Waals surface area contributed by atoms with Crippen molar-refractivity contribution in [1.29, 1.82) is 0 Å². The second-order valence-electron chi connectivity index (χ2n) is 8.13. The van der Waals surface area contributed by atoms with Gasteiger partial charge in [-0.25, -0.2) is 0 Å². The van der Waals surface area contributed by atoms with Gasteiger partial charge in [0, 0.05) is 61.6 Å². The number of hydrogen-bond acceptors (Lipinski definition) is 5. The number of benzene rings is 2. The second-order valence-corrected chi connectivity index (χ2v) is 8.57. The number of anilines is 2. The summed E-state index contributed by atoms with van der Waals surface area (Å²) in [5.41, 5.74) is 1.51. The zero-order valence-electron chi connectivity index (χ0n) is 19.3. The smallest absolute Gasteiger partial charge is 0.406 e. The van der Waals surface area contributed by atoms with Crippen LogP contribution in [0.3, 0.4) is 0 Å². The van der Waals surface area contributed by atoms with Gasteiger partial charge in [0.15, 0.2) is 0 Å². The Bertz CT molecular complexity index is 947. The van der Waals surface area contributed by atoms with E-state index in [1.165, 1.54) is 12.1 Å². The molecule has 190 valence electrons. The highest BCUT2D eigenvalue weighted by molar-refractivity contribution is 6.30. The van der Waals surface area contributed by atoms with Gasteiger partial charge >= 0.3 is 6.36 Å². The highest BCUT2D eigenvalue weighted by atomic mass is 35.5. The van der Waals surface area contributed by atoms with Crippen molar-refractivity contribution in [3.8, 4) is 5.75 Å². The van der Waals surface area contributed by atoms with E-state index in [1.807, 2.05) is 0 Å². The minimum atomic E-state index is -4.71. The van der Waals surface area contributed by atoms with Crippen LogP contribution in [0.2, 0.25) is 5.02 Å². The predicted molar refractivity (Wildman–Crippen MR) is 131 cm³/mol. The molecule has 1 aliphatic rings. The fourth-order valence-electron chi connectivity index (χ4n) is 3.96. The summed E-state index contributed by atoms with van der Waals surface area (Å²) in [5, 5.41) is 3.51. The number of halogens is 4. The quantitative estimate of drug-likeness (QED) is 0.325. The Morgan fingerprint density at radius 2 is 1.74 bits per heavy atom. The number of hydrogen-bond donors (Lipinski definition) is 1. The van der Waals surface area contributed by atoms with Gasteiger partial charge in [-0.05, 0) is 55.0 Å². The van der Waals surface area contributed by atoms with E-state index >= 15 is 0 Å². The zero-order valence-corrected chi connectivity index (χ0v) is 20.0. The van der Waals surface area contributed by atoms with E-state index in [0.717, 1.165) is 5.69 Å². The van der Waals surface area contributed by atoms with Crippen molar-refractivity contribution in [2.24, 2.45) is 0 Å². The van der Waals surface area contributed by atoms with Crippen LogP contribution in [0.25, 0.3) is 0 Å². The van der Waals surface area contributed by atoms with Crippen LogP contribution < -0.4 is 15.0 Å². The summed E-state index contributed by atoms with van der Waals surface area (Å²) in [5.74, 6) is -0.338. The average Bonchev–Trinajstić information content (AvgIpc) is 2.82. The van der Waals surface area contributed by atoms with Gasteiger partial charge in [-0.3, -0.25) is 9.69 Å². The van der Waals surface area contributed by atoms with E-state index in [0.29, 0.717) is 62.9 Å². The molecule has 1 atom stereocenters. The summed E-state index contributed by atoms with van der Waals surface area (Å²) in [6, 6.07) is 12.8. The van der Waals surface area contributed by atoms with Crippen LogP contribution >= 0.6 is 11.6 Å². The Kier molecular flexibility index (Phi) is 9.83. The summed E-state index contributed by atoms with van der Waals surface area (Å²) >= 11 is 5.91. The standard InChI is InChI=1S/C25H29ClF3N3O3/c1-2-16-34-17-11-22(18-24(33)30-20-5-3-19(26)4-6-20)32-14-12-31(13-15-32)21-7-9-23(10-8-21)35-25(27,28)29/h2-10,22H,1,11-18H2,(H,30,33). The Morgan fingerprint density at radius 1 is 1.09 bits per heavy atom. The third-order valence-corrected chi connectivity index (χ3v) is 5.90. The van der Waals surface area contributed by atoms with Crippen molar-refractivity contribution in [3.63, 3.8) is 0 Å². The predicted octanol–water partition coefficient (Wildman–Crippen LogP) is 5.35. The number of rotatable bonds is 11. The number of piperazine rings is 1. The summed E-state index contributed by atoms with van der Waals surface area (Å²) in [7, 11) is 0. The van der Waals surface area contributed by atoms with Crippen LogP contribution in [0.15, 0.2) is 61.2 Å². The Hall–Kier alpha value is -2.75. The largest absolute Gasteiger partial charge is 0.573 e. The van der Waals surface area contributed by atoms with E-state index in [1.54, 1.807) is 42.5 Å². The topological polar surface area (TPSA) is 54.0 Å². The monoisotopic (exact) mass is 511 g/mol. The minimum absolute atomic E-state index is 0.0168. The molecule has 1 unspecified atom stereocenters. The van der Waals surface area contributed by atoms with Crippen molar-refractivity contribution < 1.29 is 27.4 Å². The maximum Gasteiger partial charge on any atom is 0.573 e. The molecule has 2 aromatic carbocycles. The molecule has 35 heavy (non-hydrogen) atoms. The maximum absolute atomic E-state index is 12.7.